The number of anilines is 1. The number of benzene rings is 1. The molecule has 2 rings (SSSR count). The Morgan fingerprint density at radius 2 is 1.95 bits per heavy atom. The maximum absolute atomic E-state index is 5.64. The van der Waals surface area contributed by atoms with E-state index in [1.807, 2.05) is 31.2 Å². The number of methoxy groups -OCH3 is 1. The second kappa shape index (κ2) is 6.65. The summed E-state index contributed by atoms with van der Waals surface area (Å²) in [6, 6.07) is 7.97. The fourth-order valence-corrected chi connectivity index (χ4v) is 2.52. The zero-order valence-corrected chi connectivity index (χ0v) is 13.0. The molecule has 2 aromatic rings. The Balaban J connectivity index is 2.58. The molecule has 0 aliphatic heterocycles. The molecule has 0 amide bonds. The van der Waals surface area contributed by atoms with Crippen LogP contribution in [0, 0.1) is 6.92 Å². The molecule has 0 aliphatic rings. The second-order valence-corrected chi connectivity index (χ2v) is 5.28. The van der Waals surface area contributed by atoms with Crippen LogP contribution in [0.3, 0.4) is 0 Å². The topological polar surface area (TPSA) is 73.1 Å². The highest BCUT2D eigenvalue weighted by Gasteiger charge is 2.16. The van der Waals surface area contributed by atoms with E-state index >= 15 is 0 Å². The Morgan fingerprint density at radius 3 is 2.57 bits per heavy atom. The van der Waals surface area contributed by atoms with E-state index in [1.54, 1.807) is 7.11 Å². The van der Waals surface area contributed by atoms with Crippen molar-refractivity contribution >= 4 is 5.82 Å². The van der Waals surface area contributed by atoms with Crippen molar-refractivity contribution in [3.63, 3.8) is 0 Å². The number of hydrogen-bond acceptors (Lipinski definition) is 5. The molecule has 0 radical (unpaired) electrons. The molecular formula is C16H22N4O. The SMILES string of the molecule is COCc1ccccc1-c1nc(C)c(C(C)C)c(NN)n1. The number of ether oxygens (including phenoxy) is 1. The number of nitrogens with two attached hydrogens (primary N) is 1. The van der Waals surface area contributed by atoms with Gasteiger partial charge in [0, 0.05) is 23.9 Å². The Kier molecular flexibility index (Phi) is 4.88. The number of nitrogens with zero attached hydrogens (tertiary/aromatic N) is 2. The highest BCUT2D eigenvalue weighted by molar-refractivity contribution is 5.63. The van der Waals surface area contributed by atoms with E-state index in [-0.39, 0.29) is 0 Å². The number of aryl methyl sites for hydroxylation is 1. The molecule has 0 spiro atoms. The van der Waals surface area contributed by atoms with Crippen molar-refractivity contribution in [1.82, 2.24) is 9.97 Å². The van der Waals surface area contributed by atoms with Crippen molar-refractivity contribution < 1.29 is 4.74 Å². The molecule has 0 aliphatic carbocycles. The summed E-state index contributed by atoms with van der Waals surface area (Å²) < 4.78 is 5.24. The van der Waals surface area contributed by atoms with Crippen molar-refractivity contribution in [3.05, 3.63) is 41.1 Å². The molecule has 112 valence electrons. The summed E-state index contributed by atoms with van der Waals surface area (Å²) in [4.78, 5) is 9.24. The van der Waals surface area contributed by atoms with Crippen molar-refractivity contribution in [2.24, 2.45) is 5.84 Å². The standard InChI is InChI=1S/C16H22N4O/c1-10(2)14-11(3)18-15(19-16(14)20-17)13-8-6-5-7-12(13)9-21-4/h5-8,10H,9,17H2,1-4H3,(H,18,19,20). The minimum atomic E-state index is 0.305. The molecule has 0 atom stereocenters. The van der Waals surface area contributed by atoms with Crippen molar-refractivity contribution in [1.29, 1.82) is 0 Å². The average Bonchev–Trinajstić information content (AvgIpc) is 2.46. The molecule has 1 heterocycles. The molecule has 0 unspecified atom stereocenters. The minimum Gasteiger partial charge on any atom is -0.380 e. The van der Waals surface area contributed by atoms with Gasteiger partial charge in [0.2, 0.25) is 0 Å². The Morgan fingerprint density at radius 1 is 1.24 bits per heavy atom. The van der Waals surface area contributed by atoms with Gasteiger partial charge in [-0.2, -0.15) is 0 Å². The van der Waals surface area contributed by atoms with Crippen LogP contribution in [0.5, 0.6) is 0 Å². The Bertz CT molecular complexity index is 626. The fourth-order valence-electron chi connectivity index (χ4n) is 2.52. The van der Waals surface area contributed by atoms with Gasteiger partial charge in [-0.1, -0.05) is 38.1 Å². The van der Waals surface area contributed by atoms with E-state index in [0.717, 1.165) is 22.4 Å². The first-order chi connectivity index (χ1) is 10.1. The van der Waals surface area contributed by atoms with Gasteiger partial charge in [0.25, 0.3) is 0 Å². The number of hydrazine groups is 1. The van der Waals surface area contributed by atoms with Crippen LogP contribution in [-0.4, -0.2) is 17.1 Å². The van der Waals surface area contributed by atoms with Crippen molar-refractivity contribution in [3.8, 4) is 11.4 Å². The van der Waals surface area contributed by atoms with Gasteiger partial charge >= 0.3 is 0 Å². The quantitative estimate of drug-likeness (QED) is 0.653. The first-order valence-electron chi connectivity index (χ1n) is 7.00. The van der Waals surface area contributed by atoms with Crippen LogP contribution in [0.4, 0.5) is 5.82 Å². The van der Waals surface area contributed by atoms with Gasteiger partial charge in [0.05, 0.1) is 6.61 Å². The summed E-state index contributed by atoms with van der Waals surface area (Å²) in [6.45, 7) is 6.71. The first kappa shape index (κ1) is 15.4. The lowest BCUT2D eigenvalue weighted by atomic mass is 10.0. The number of nitrogens with one attached hydrogen (secondary N) is 1. The maximum Gasteiger partial charge on any atom is 0.162 e. The predicted molar refractivity (Wildman–Crippen MR) is 84.8 cm³/mol. The van der Waals surface area contributed by atoms with Crippen molar-refractivity contribution in [2.45, 2.75) is 33.3 Å². The number of nitrogen functional groups attached to an aromatic ring is 1. The predicted octanol–water partition coefficient (Wildman–Crippen LogP) is 3.01. The molecule has 1 aromatic heterocycles. The minimum absolute atomic E-state index is 0.305. The monoisotopic (exact) mass is 286 g/mol. The molecule has 21 heavy (non-hydrogen) atoms. The molecule has 1 aromatic carbocycles. The smallest absolute Gasteiger partial charge is 0.162 e. The Labute approximate surface area is 125 Å². The van der Waals surface area contributed by atoms with Gasteiger partial charge in [-0.25, -0.2) is 15.8 Å². The molecule has 0 fully saturated rings. The van der Waals surface area contributed by atoms with Crippen LogP contribution in [0.1, 0.15) is 36.6 Å². The fraction of sp³-hybridized carbons (Fsp3) is 0.375. The van der Waals surface area contributed by atoms with E-state index in [0.29, 0.717) is 24.2 Å². The van der Waals surface area contributed by atoms with Crippen LogP contribution in [0.25, 0.3) is 11.4 Å². The zero-order valence-electron chi connectivity index (χ0n) is 13.0. The number of aromatic nitrogens is 2. The molecule has 3 N–H and O–H groups in total. The van der Waals surface area contributed by atoms with E-state index in [4.69, 9.17) is 10.6 Å². The highest BCUT2D eigenvalue weighted by atomic mass is 16.5. The van der Waals surface area contributed by atoms with Gasteiger partial charge in [-0.05, 0) is 18.4 Å². The highest BCUT2D eigenvalue weighted by Crippen LogP contribution is 2.29. The molecule has 5 heteroatoms. The van der Waals surface area contributed by atoms with Crippen LogP contribution >= 0.6 is 0 Å². The summed E-state index contributed by atoms with van der Waals surface area (Å²) in [6.07, 6.45) is 0. The summed E-state index contributed by atoms with van der Waals surface area (Å²) in [5.74, 6) is 7.29. The molecular weight excluding hydrogens is 264 g/mol. The van der Waals surface area contributed by atoms with Crippen molar-refractivity contribution in [2.75, 3.05) is 12.5 Å². The van der Waals surface area contributed by atoms with Gasteiger partial charge < -0.3 is 10.2 Å². The lowest BCUT2D eigenvalue weighted by molar-refractivity contribution is 0.185. The lowest BCUT2D eigenvalue weighted by Gasteiger charge is -2.16. The first-order valence-corrected chi connectivity index (χ1v) is 7.00. The van der Waals surface area contributed by atoms with Crippen LogP contribution in [0.15, 0.2) is 24.3 Å². The van der Waals surface area contributed by atoms with Crippen LogP contribution in [0.2, 0.25) is 0 Å². The number of hydrogen-bond donors (Lipinski definition) is 2. The lowest BCUT2D eigenvalue weighted by Crippen LogP contribution is -2.15. The van der Waals surface area contributed by atoms with Crippen LogP contribution < -0.4 is 11.3 Å². The third-order valence-corrected chi connectivity index (χ3v) is 3.41. The molecule has 0 saturated carbocycles. The summed E-state index contributed by atoms with van der Waals surface area (Å²) in [5.41, 5.74) is 6.71. The zero-order chi connectivity index (χ0) is 15.4. The number of rotatable bonds is 5. The molecule has 0 bridgehead atoms. The van der Waals surface area contributed by atoms with E-state index < -0.39 is 0 Å². The summed E-state index contributed by atoms with van der Waals surface area (Å²) in [7, 11) is 1.68. The van der Waals surface area contributed by atoms with Gasteiger partial charge in [-0.3, -0.25) is 0 Å². The van der Waals surface area contributed by atoms with Gasteiger partial charge in [0.1, 0.15) is 5.82 Å². The largest absolute Gasteiger partial charge is 0.380 e. The maximum atomic E-state index is 5.64. The van der Waals surface area contributed by atoms with E-state index in [2.05, 4.69) is 29.2 Å². The van der Waals surface area contributed by atoms with E-state index in [9.17, 15) is 0 Å². The average molecular weight is 286 g/mol. The van der Waals surface area contributed by atoms with Gasteiger partial charge in [-0.15, -0.1) is 0 Å². The van der Waals surface area contributed by atoms with E-state index in [1.165, 1.54) is 0 Å². The van der Waals surface area contributed by atoms with Gasteiger partial charge in [0.15, 0.2) is 5.82 Å². The third kappa shape index (κ3) is 3.20. The Hall–Kier alpha value is -1.98. The third-order valence-electron chi connectivity index (χ3n) is 3.41. The second-order valence-electron chi connectivity index (χ2n) is 5.28. The van der Waals surface area contributed by atoms with Crippen LogP contribution in [-0.2, 0) is 11.3 Å². The molecule has 5 nitrogen and oxygen atoms in total. The normalized spacial score (nSPS) is 11.0. The summed E-state index contributed by atoms with van der Waals surface area (Å²) >= 11 is 0. The summed E-state index contributed by atoms with van der Waals surface area (Å²) in [5, 5.41) is 0. The molecule has 0 saturated heterocycles.